The first-order chi connectivity index (χ1) is 15.9. The summed E-state index contributed by atoms with van der Waals surface area (Å²) in [6.07, 6.45) is -2.72. The third kappa shape index (κ3) is 5.38. The van der Waals surface area contributed by atoms with Crippen LogP contribution in [-0.2, 0) is 17.5 Å². The zero-order chi connectivity index (χ0) is 23.4. The molecule has 1 amide bonds. The van der Waals surface area contributed by atoms with Crippen molar-refractivity contribution in [3.05, 3.63) is 41.6 Å². The Bertz CT molecular complexity index is 1110. The fourth-order valence-corrected chi connectivity index (χ4v) is 4.04. The molecule has 12 heteroatoms. The normalized spacial score (nSPS) is 14.6. The first-order valence-corrected chi connectivity index (χ1v) is 11.5. The van der Waals surface area contributed by atoms with Gasteiger partial charge in [0.1, 0.15) is 5.82 Å². The largest absolute Gasteiger partial charge is 0.416 e. The van der Waals surface area contributed by atoms with Crippen LogP contribution in [0.4, 0.5) is 19.0 Å². The molecule has 33 heavy (non-hydrogen) atoms. The molecular formula is C21H23F3N6O2S. The predicted molar refractivity (Wildman–Crippen MR) is 119 cm³/mol. The summed E-state index contributed by atoms with van der Waals surface area (Å²) in [7, 11) is 0. The Balaban J connectivity index is 1.47. The van der Waals surface area contributed by atoms with Crippen LogP contribution >= 0.6 is 11.8 Å². The second-order valence-electron chi connectivity index (χ2n) is 7.30. The summed E-state index contributed by atoms with van der Waals surface area (Å²) >= 11 is 1.54. The standard InChI is InChI=1S/C21H23F3N6O2S/c1-2-33-20-27-17(29-9-11-32-12-10-29)16-13-26-30(18(16)28-20)8-7-25-19(31)14-3-5-15(6-4-14)21(22,23)24/h3-6,13H,2,7-12H2,1H3,(H,25,31). The molecule has 1 fully saturated rings. The maximum atomic E-state index is 12.7. The van der Waals surface area contributed by atoms with Gasteiger partial charge in [-0.15, -0.1) is 0 Å². The van der Waals surface area contributed by atoms with Crippen LogP contribution in [0.1, 0.15) is 22.8 Å². The van der Waals surface area contributed by atoms with Crippen LogP contribution in [0.25, 0.3) is 11.0 Å². The quantitative estimate of drug-likeness (QED) is 0.411. The first kappa shape index (κ1) is 23.3. The van der Waals surface area contributed by atoms with Crippen molar-refractivity contribution in [3.8, 4) is 0 Å². The number of carbonyl (C=O) groups excluding carboxylic acids is 1. The molecule has 0 bridgehead atoms. The number of rotatable bonds is 7. The lowest BCUT2D eigenvalue weighted by molar-refractivity contribution is -0.137. The minimum atomic E-state index is -4.44. The van der Waals surface area contributed by atoms with E-state index in [2.05, 4.69) is 20.3 Å². The molecule has 3 aromatic rings. The van der Waals surface area contributed by atoms with Gasteiger partial charge in [-0.3, -0.25) is 4.79 Å². The van der Waals surface area contributed by atoms with Crippen molar-refractivity contribution in [2.75, 3.05) is 43.5 Å². The van der Waals surface area contributed by atoms with Gasteiger partial charge in [0.2, 0.25) is 0 Å². The Morgan fingerprint density at radius 3 is 2.58 bits per heavy atom. The van der Waals surface area contributed by atoms with Gasteiger partial charge in [-0.2, -0.15) is 18.3 Å². The van der Waals surface area contributed by atoms with Crippen LogP contribution in [0.2, 0.25) is 0 Å². The topological polar surface area (TPSA) is 85.2 Å². The fraction of sp³-hybridized carbons (Fsp3) is 0.429. The van der Waals surface area contributed by atoms with E-state index < -0.39 is 17.6 Å². The molecule has 0 radical (unpaired) electrons. The van der Waals surface area contributed by atoms with E-state index in [1.165, 1.54) is 11.8 Å². The Hall–Kier alpha value is -2.86. The molecule has 176 valence electrons. The molecule has 1 aliphatic heterocycles. The average molecular weight is 481 g/mol. The molecule has 4 rings (SSSR count). The zero-order valence-electron chi connectivity index (χ0n) is 17.9. The van der Waals surface area contributed by atoms with Crippen molar-refractivity contribution in [2.45, 2.75) is 24.8 Å². The number of carbonyl (C=O) groups is 1. The van der Waals surface area contributed by atoms with E-state index in [1.54, 1.807) is 10.9 Å². The van der Waals surface area contributed by atoms with Gasteiger partial charge in [0.05, 0.1) is 36.9 Å². The minimum absolute atomic E-state index is 0.159. The number of aromatic nitrogens is 4. The second-order valence-corrected chi connectivity index (χ2v) is 8.53. The lowest BCUT2D eigenvalue weighted by atomic mass is 10.1. The smallest absolute Gasteiger partial charge is 0.378 e. The van der Waals surface area contributed by atoms with Gasteiger partial charge in [-0.1, -0.05) is 18.7 Å². The number of alkyl halides is 3. The summed E-state index contributed by atoms with van der Waals surface area (Å²) < 4.78 is 45.2. The van der Waals surface area contributed by atoms with Crippen molar-refractivity contribution in [3.63, 3.8) is 0 Å². The van der Waals surface area contributed by atoms with E-state index in [4.69, 9.17) is 9.72 Å². The van der Waals surface area contributed by atoms with Crippen molar-refractivity contribution in [2.24, 2.45) is 0 Å². The number of ether oxygens (including phenoxy) is 1. The Morgan fingerprint density at radius 1 is 1.18 bits per heavy atom. The van der Waals surface area contributed by atoms with Gasteiger partial charge in [0.25, 0.3) is 5.91 Å². The first-order valence-electron chi connectivity index (χ1n) is 10.5. The highest BCUT2D eigenvalue weighted by Crippen LogP contribution is 2.29. The van der Waals surface area contributed by atoms with Crippen LogP contribution < -0.4 is 10.2 Å². The number of nitrogens with zero attached hydrogens (tertiary/aromatic N) is 5. The number of thioether (sulfide) groups is 1. The monoisotopic (exact) mass is 480 g/mol. The summed E-state index contributed by atoms with van der Waals surface area (Å²) in [5.74, 6) is 1.19. The van der Waals surface area contributed by atoms with Gasteiger partial charge in [0.15, 0.2) is 10.8 Å². The molecule has 3 heterocycles. The molecule has 0 atom stereocenters. The second kappa shape index (κ2) is 9.96. The van der Waals surface area contributed by atoms with Gasteiger partial charge in [-0.25, -0.2) is 14.6 Å². The third-order valence-corrected chi connectivity index (χ3v) is 5.85. The number of fused-ring (bicyclic) bond motifs is 1. The number of morpholine rings is 1. The van der Waals surface area contributed by atoms with Crippen LogP contribution in [0.15, 0.2) is 35.6 Å². The molecule has 0 aliphatic carbocycles. The molecule has 0 spiro atoms. The van der Waals surface area contributed by atoms with Crippen molar-refractivity contribution < 1.29 is 22.7 Å². The number of anilines is 1. The highest BCUT2D eigenvalue weighted by molar-refractivity contribution is 7.99. The summed E-state index contributed by atoms with van der Waals surface area (Å²) in [4.78, 5) is 23.8. The van der Waals surface area contributed by atoms with E-state index in [1.807, 2.05) is 6.92 Å². The number of hydrogen-bond acceptors (Lipinski definition) is 7. The molecule has 1 saturated heterocycles. The summed E-state index contributed by atoms with van der Waals surface area (Å²) in [5, 5.41) is 8.63. The summed E-state index contributed by atoms with van der Waals surface area (Å²) in [6, 6.07) is 4.12. The van der Waals surface area contributed by atoms with Crippen LogP contribution in [0.3, 0.4) is 0 Å². The zero-order valence-corrected chi connectivity index (χ0v) is 18.7. The Labute approximate surface area is 192 Å². The third-order valence-electron chi connectivity index (χ3n) is 5.12. The Morgan fingerprint density at radius 2 is 1.91 bits per heavy atom. The van der Waals surface area contributed by atoms with Gasteiger partial charge in [-0.05, 0) is 30.0 Å². The van der Waals surface area contributed by atoms with E-state index in [-0.39, 0.29) is 12.1 Å². The molecule has 1 aliphatic rings. The maximum Gasteiger partial charge on any atom is 0.416 e. The highest BCUT2D eigenvalue weighted by Gasteiger charge is 2.30. The molecule has 1 aromatic carbocycles. The molecule has 0 saturated carbocycles. The maximum absolute atomic E-state index is 12.7. The highest BCUT2D eigenvalue weighted by atomic mass is 32.2. The number of benzene rings is 1. The van der Waals surface area contributed by atoms with Gasteiger partial charge < -0.3 is 15.0 Å². The van der Waals surface area contributed by atoms with Crippen molar-refractivity contribution in [1.29, 1.82) is 0 Å². The number of nitrogens with one attached hydrogen (secondary N) is 1. The van der Waals surface area contributed by atoms with E-state index in [9.17, 15) is 18.0 Å². The minimum Gasteiger partial charge on any atom is -0.378 e. The van der Waals surface area contributed by atoms with Crippen molar-refractivity contribution >= 4 is 34.5 Å². The van der Waals surface area contributed by atoms with Gasteiger partial charge in [0, 0.05) is 25.2 Å². The van der Waals surface area contributed by atoms with E-state index in [0.29, 0.717) is 30.6 Å². The van der Waals surface area contributed by atoms with Gasteiger partial charge >= 0.3 is 6.18 Å². The number of hydrogen-bond donors (Lipinski definition) is 1. The van der Waals surface area contributed by atoms with E-state index in [0.717, 1.165) is 54.3 Å². The van der Waals surface area contributed by atoms with Crippen LogP contribution in [0, 0.1) is 0 Å². The predicted octanol–water partition coefficient (Wildman–Crippen LogP) is 3.22. The summed E-state index contributed by atoms with van der Waals surface area (Å²) in [6.45, 7) is 5.35. The molecule has 1 N–H and O–H groups in total. The van der Waals surface area contributed by atoms with Crippen molar-refractivity contribution in [1.82, 2.24) is 25.1 Å². The lowest BCUT2D eigenvalue weighted by Gasteiger charge is -2.28. The van der Waals surface area contributed by atoms with Crippen LogP contribution in [0.5, 0.6) is 0 Å². The molecule has 2 aromatic heterocycles. The average Bonchev–Trinajstić information content (AvgIpc) is 3.21. The molecular weight excluding hydrogens is 457 g/mol. The molecule has 8 nitrogen and oxygen atoms in total. The fourth-order valence-electron chi connectivity index (χ4n) is 3.48. The number of halogens is 3. The SMILES string of the molecule is CCSc1nc(N2CCOCC2)c2cnn(CCNC(=O)c3ccc(C(F)(F)F)cc3)c2n1. The van der Waals surface area contributed by atoms with Crippen LogP contribution in [-0.4, -0.2) is 64.3 Å². The molecule has 0 unspecified atom stereocenters. The Kier molecular flexibility index (Phi) is 7.03. The van der Waals surface area contributed by atoms with E-state index >= 15 is 0 Å². The lowest BCUT2D eigenvalue weighted by Crippen LogP contribution is -2.37. The number of amides is 1. The summed E-state index contributed by atoms with van der Waals surface area (Å²) in [5.41, 5.74) is 0.0386.